The van der Waals surface area contributed by atoms with Gasteiger partial charge in [0.25, 0.3) is 23.6 Å². The van der Waals surface area contributed by atoms with Gasteiger partial charge in [-0.1, -0.05) is 19.1 Å². The van der Waals surface area contributed by atoms with Gasteiger partial charge in [-0.3, -0.25) is 28.8 Å². The minimum atomic E-state index is -1.35. The summed E-state index contributed by atoms with van der Waals surface area (Å²) in [5, 5.41) is 42.3. The van der Waals surface area contributed by atoms with E-state index in [1.165, 1.54) is 72.8 Å². The number of carboxylic acids is 1. The Morgan fingerprint density at radius 2 is 1.26 bits per heavy atom. The van der Waals surface area contributed by atoms with Crippen LogP contribution in [-0.4, -0.2) is 70.8 Å². The number of primary amides is 1. The van der Waals surface area contributed by atoms with Crippen LogP contribution in [0.3, 0.4) is 0 Å². The summed E-state index contributed by atoms with van der Waals surface area (Å²) in [6.45, 7) is 2.27. The number of aromatic hydroxyl groups is 1. The highest BCUT2D eigenvalue weighted by Crippen LogP contribution is 2.38. The zero-order valence-corrected chi connectivity index (χ0v) is 33.2. The Morgan fingerprint density at radius 1 is 0.694 bits per heavy atom. The number of carbonyl (C=O) groups is 7. The van der Waals surface area contributed by atoms with Crippen molar-refractivity contribution in [2.24, 2.45) is 5.73 Å². The van der Waals surface area contributed by atoms with Crippen molar-refractivity contribution in [3.05, 3.63) is 148 Å². The Labute approximate surface area is 354 Å². The second-order valence-corrected chi connectivity index (χ2v) is 13.6. The van der Waals surface area contributed by atoms with Gasteiger partial charge in [0.2, 0.25) is 11.8 Å². The van der Waals surface area contributed by atoms with Gasteiger partial charge in [-0.15, -0.1) is 0 Å². The monoisotopic (exact) mass is 839 g/mol. The van der Waals surface area contributed by atoms with Gasteiger partial charge in [0.15, 0.2) is 11.5 Å². The molecule has 316 valence electrons. The fourth-order valence-corrected chi connectivity index (χ4v) is 5.82. The second kappa shape index (κ2) is 20.9. The van der Waals surface area contributed by atoms with Crippen molar-refractivity contribution in [3.8, 4) is 17.6 Å². The van der Waals surface area contributed by atoms with E-state index in [4.69, 9.17) is 20.8 Å². The Bertz CT molecular complexity index is 2520. The average Bonchev–Trinajstić information content (AvgIpc) is 3.26. The molecule has 0 heterocycles. The van der Waals surface area contributed by atoms with Crippen molar-refractivity contribution in [1.29, 1.82) is 5.26 Å². The average molecular weight is 840 g/mol. The number of rotatable bonds is 18. The highest BCUT2D eigenvalue weighted by molar-refractivity contribution is 6.10. The van der Waals surface area contributed by atoms with Crippen molar-refractivity contribution >= 4 is 58.5 Å². The number of anilines is 3. The molecule has 62 heavy (non-hydrogen) atoms. The van der Waals surface area contributed by atoms with Gasteiger partial charge in [0.1, 0.15) is 6.04 Å². The third-order valence-corrected chi connectivity index (χ3v) is 9.10. The molecule has 0 radical (unpaired) electrons. The Kier molecular flexibility index (Phi) is 15.1. The van der Waals surface area contributed by atoms with Gasteiger partial charge in [-0.2, -0.15) is 5.26 Å². The van der Waals surface area contributed by atoms with Crippen molar-refractivity contribution < 1.29 is 48.5 Å². The van der Waals surface area contributed by atoms with Gasteiger partial charge in [-0.05, 0) is 115 Å². The number of nitriles is 1. The molecule has 0 spiro atoms. The number of phenols is 1. The van der Waals surface area contributed by atoms with E-state index in [1.807, 2.05) is 13.0 Å². The predicted octanol–water partition coefficient (Wildman–Crippen LogP) is 4.84. The molecular weight excluding hydrogens is 799 g/mol. The van der Waals surface area contributed by atoms with E-state index < -0.39 is 53.7 Å². The number of phenolic OH excluding ortho intramolecular Hbond substituents is 1. The highest BCUT2D eigenvalue weighted by Gasteiger charge is 2.25. The lowest BCUT2D eigenvalue weighted by Crippen LogP contribution is -2.46. The molecule has 0 aliphatic heterocycles. The van der Waals surface area contributed by atoms with Gasteiger partial charge < -0.3 is 47.3 Å². The van der Waals surface area contributed by atoms with Gasteiger partial charge in [0, 0.05) is 34.6 Å². The molecule has 1 atom stereocenters. The number of hydrogen-bond acceptors (Lipinski definition) is 10. The van der Waals surface area contributed by atoms with Crippen LogP contribution >= 0.6 is 0 Å². The molecule has 0 saturated heterocycles. The first kappa shape index (κ1) is 44.6. The quantitative estimate of drug-likeness (QED) is 0.0591. The molecule has 17 nitrogen and oxygen atoms in total. The van der Waals surface area contributed by atoms with Crippen LogP contribution in [0.5, 0.6) is 11.5 Å². The Morgan fingerprint density at radius 3 is 1.85 bits per heavy atom. The van der Waals surface area contributed by atoms with Gasteiger partial charge in [-0.25, -0.2) is 4.79 Å². The zero-order chi connectivity index (χ0) is 44.8. The molecule has 9 N–H and O–H groups in total. The van der Waals surface area contributed by atoms with Crippen LogP contribution in [0.4, 0.5) is 17.1 Å². The molecule has 0 unspecified atom stereocenters. The summed E-state index contributed by atoms with van der Waals surface area (Å²) in [5.74, 6) is -5.70. The van der Waals surface area contributed by atoms with Crippen LogP contribution in [0.25, 0.3) is 0 Å². The lowest BCUT2D eigenvalue weighted by molar-refractivity contribution is -0.123. The summed E-state index contributed by atoms with van der Waals surface area (Å²) < 4.78 is 5.71. The number of benzene rings is 5. The van der Waals surface area contributed by atoms with Crippen LogP contribution in [0.2, 0.25) is 0 Å². The fourth-order valence-electron chi connectivity index (χ4n) is 5.82. The maximum Gasteiger partial charge on any atom is 0.335 e. The van der Waals surface area contributed by atoms with E-state index in [-0.39, 0.29) is 57.6 Å². The fraction of sp³-hybridized carbons (Fsp3) is 0.156. The summed E-state index contributed by atoms with van der Waals surface area (Å²) in [5.41, 5.74) is 7.82. The molecule has 5 aromatic rings. The molecule has 0 bridgehead atoms. The van der Waals surface area contributed by atoms with Crippen LogP contribution < -0.4 is 37.1 Å². The third kappa shape index (κ3) is 12.0. The second-order valence-electron chi connectivity index (χ2n) is 13.6. The minimum Gasteiger partial charge on any atom is -0.504 e. The summed E-state index contributed by atoms with van der Waals surface area (Å²) >= 11 is 0. The summed E-state index contributed by atoms with van der Waals surface area (Å²) in [6, 6.07) is 27.0. The highest BCUT2D eigenvalue weighted by atomic mass is 16.5. The number of nitrogens with two attached hydrogens (primary N) is 1. The maximum absolute atomic E-state index is 13.3. The topological polar surface area (TPSA) is 279 Å². The van der Waals surface area contributed by atoms with Crippen LogP contribution in [0, 0.1) is 11.3 Å². The molecule has 0 saturated carbocycles. The predicted molar refractivity (Wildman–Crippen MR) is 227 cm³/mol. The number of ether oxygens (including phenoxy) is 1. The largest absolute Gasteiger partial charge is 0.504 e. The molecule has 5 rings (SSSR count). The lowest BCUT2D eigenvalue weighted by Gasteiger charge is -2.18. The molecule has 0 aromatic heterocycles. The Balaban J connectivity index is 1.17. The SMILES string of the molecule is CCCOc1c(NC(=O)c2ccc(NC(=O)[C@H](CC(N)=O)NC(=O)c3ccc(CCNC(=O)c4ccc(C#N)cc4)cc3)cc2)ccc(C(=O)Nc2ccc(C(=O)O)cc2)c1O. The van der Waals surface area contributed by atoms with Crippen molar-refractivity contribution in [1.82, 2.24) is 10.6 Å². The molecule has 6 amide bonds. The van der Waals surface area contributed by atoms with E-state index in [2.05, 4.69) is 26.6 Å². The molecule has 0 aliphatic carbocycles. The summed E-state index contributed by atoms with van der Waals surface area (Å²) in [6.07, 6.45) is 0.487. The molecule has 5 aromatic carbocycles. The van der Waals surface area contributed by atoms with Crippen molar-refractivity contribution in [3.63, 3.8) is 0 Å². The molecule has 0 aliphatic rings. The number of hydrogen-bond donors (Lipinski definition) is 8. The lowest BCUT2D eigenvalue weighted by atomic mass is 10.1. The Hall–Kier alpha value is -8.52. The van der Waals surface area contributed by atoms with E-state index in [1.54, 1.807) is 36.4 Å². The normalized spacial score (nSPS) is 10.9. The van der Waals surface area contributed by atoms with Crippen molar-refractivity contribution in [2.45, 2.75) is 32.2 Å². The van der Waals surface area contributed by atoms with Crippen LogP contribution in [0.15, 0.2) is 109 Å². The van der Waals surface area contributed by atoms with Crippen molar-refractivity contribution in [2.75, 3.05) is 29.1 Å². The zero-order valence-electron chi connectivity index (χ0n) is 33.2. The third-order valence-electron chi connectivity index (χ3n) is 9.10. The van der Waals surface area contributed by atoms with E-state index in [0.717, 1.165) is 5.56 Å². The first-order chi connectivity index (χ1) is 29.8. The van der Waals surface area contributed by atoms with Crippen LogP contribution in [0.1, 0.15) is 82.7 Å². The number of nitrogens with zero attached hydrogens (tertiary/aromatic N) is 1. The first-order valence-electron chi connectivity index (χ1n) is 19.1. The number of amides is 6. The van der Waals surface area contributed by atoms with E-state index in [9.17, 15) is 38.7 Å². The first-order valence-corrected chi connectivity index (χ1v) is 19.1. The smallest absolute Gasteiger partial charge is 0.335 e. The number of nitrogens with one attached hydrogen (secondary N) is 5. The maximum atomic E-state index is 13.3. The van der Waals surface area contributed by atoms with Gasteiger partial charge in [0.05, 0.1) is 41.5 Å². The number of aromatic carboxylic acids is 1. The van der Waals surface area contributed by atoms with E-state index in [0.29, 0.717) is 30.5 Å². The summed E-state index contributed by atoms with van der Waals surface area (Å²) in [7, 11) is 0. The minimum absolute atomic E-state index is 0.0245. The van der Waals surface area contributed by atoms with Gasteiger partial charge >= 0.3 is 5.97 Å². The summed E-state index contributed by atoms with van der Waals surface area (Å²) in [4.78, 5) is 88.1. The molecule has 17 heteroatoms. The van der Waals surface area contributed by atoms with Crippen LogP contribution in [-0.2, 0) is 16.0 Å². The number of carboxylic acid groups (broad SMARTS) is 1. The molecular formula is C45H41N7O10. The van der Waals surface area contributed by atoms with E-state index >= 15 is 0 Å². The standard InChI is InChI=1S/C45H41N7O10/c1-2-23-62-39-35(20-19-34(38(39)54)43(58)49-32-17-13-31(14-18-32)45(60)61)51-41(56)30-11-15-33(16-12-30)50-44(59)36(24-37(47)53)52-42(57)29-7-3-26(4-8-29)21-22-48-40(55)28-9-5-27(25-46)6-10-28/h3-20,36,54H,2,21-24H2,1H3,(H2,47,53)(H,48,55)(H,49,58)(H,50,59)(H,51,56)(H,52,57)(H,60,61)/t36-/m0/s1. The number of carbonyl (C=O) groups excluding carboxylic acids is 6. The molecule has 0 fully saturated rings.